The van der Waals surface area contributed by atoms with Crippen molar-refractivity contribution in [2.75, 3.05) is 6.54 Å². The summed E-state index contributed by atoms with van der Waals surface area (Å²) in [5.74, 6) is 1.01. The Hall–Kier alpha value is -1.02. The summed E-state index contributed by atoms with van der Waals surface area (Å²) in [6, 6.07) is 9.27. The first kappa shape index (κ1) is 15.4. The summed E-state index contributed by atoms with van der Waals surface area (Å²) < 4.78 is 6.16. The van der Waals surface area contributed by atoms with Crippen LogP contribution < -0.4 is 10.1 Å². The first-order valence-electron chi connectivity index (χ1n) is 7.99. The van der Waals surface area contributed by atoms with Gasteiger partial charge in [-0.05, 0) is 55.3 Å². The van der Waals surface area contributed by atoms with Crippen molar-refractivity contribution in [1.29, 1.82) is 0 Å². The van der Waals surface area contributed by atoms with E-state index in [-0.39, 0.29) is 5.41 Å². The van der Waals surface area contributed by atoms with Crippen LogP contribution in [0.1, 0.15) is 58.9 Å². The standard InChI is InChI=1S/C18H29NO/c1-5-19-15-7-6-8-17(13-15)20-16-11-9-14(10-12-16)18(2,3)4/h9-12,15,17,19H,5-8,13H2,1-4H3. The van der Waals surface area contributed by atoms with E-state index in [1.54, 1.807) is 0 Å². The molecular formula is C18H29NO. The molecule has 1 aromatic rings. The summed E-state index contributed by atoms with van der Waals surface area (Å²) in [5.41, 5.74) is 1.57. The normalized spacial score (nSPS) is 23.6. The van der Waals surface area contributed by atoms with Gasteiger partial charge in [-0.1, -0.05) is 39.8 Å². The Morgan fingerprint density at radius 2 is 1.85 bits per heavy atom. The lowest BCUT2D eigenvalue weighted by Crippen LogP contribution is -2.37. The minimum absolute atomic E-state index is 0.208. The largest absolute Gasteiger partial charge is 0.490 e. The molecule has 20 heavy (non-hydrogen) atoms. The fourth-order valence-electron chi connectivity index (χ4n) is 2.95. The fourth-order valence-corrected chi connectivity index (χ4v) is 2.95. The second-order valence-electron chi connectivity index (χ2n) is 6.94. The molecule has 1 saturated carbocycles. The monoisotopic (exact) mass is 275 g/mol. The molecule has 2 heteroatoms. The van der Waals surface area contributed by atoms with Crippen molar-refractivity contribution < 1.29 is 4.74 Å². The molecule has 1 aliphatic carbocycles. The van der Waals surface area contributed by atoms with Crippen molar-refractivity contribution in [3.8, 4) is 5.75 Å². The van der Waals surface area contributed by atoms with Crippen LogP contribution in [0, 0.1) is 0 Å². The highest BCUT2D eigenvalue weighted by atomic mass is 16.5. The van der Waals surface area contributed by atoms with Gasteiger partial charge in [0, 0.05) is 6.04 Å². The topological polar surface area (TPSA) is 21.3 Å². The van der Waals surface area contributed by atoms with Gasteiger partial charge < -0.3 is 10.1 Å². The van der Waals surface area contributed by atoms with Gasteiger partial charge in [0.05, 0.1) is 0 Å². The minimum atomic E-state index is 0.208. The molecule has 1 N–H and O–H groups in total. The van der Waals surface area contributed by atoms with E-state index in [4.69, 9.17) is 4.74 Å². The van der Waals surface area contributed by atoms with Gasteiger partial charge in [-0.2, -0.15) is 0 Å². The number of ether oxygens (including phenoxy) is 1. The Balaban J connectivity index is 1.93. The maximum absolute atomic E-state index is 6.16. The summed E-state index contributed by atoms with van der Waals surface area (Å²) in [5, 5.41) is 3.55. The zero-order valence-corrected chi connectivity index (χ0v) is 13.4. The number of rotatable bonds is 4. The Morgan fingerprint density at radius 3 is 2.45 bits per heavy atom. The lowest BCUT2D eigenvalue weighted by atomic mass is 9.87. The predicted molar refractivity (Wildman–Crippen MR) is 85.5 cm³/mol. The zero-order chi connectivity index (χ0) is 14.6. The van der Waals surface area contributed by atoms with Crippen molar-refractivity contribution in [1.82, 2.24) is 5.32 Å². The number of hydrogen-bond acceptors (Lipinski definition) is 2. The van der Waals surface area contributed by atoms with Crippen molar-refractivity contribution in [3.63, 3.8) is 0 Å². The van der Waals surface area contributed by atoms with E-state index in [1.165, 1.54) is 24.8 Å². The second-order valence-corrected chi connectivity index (χ2v) is 6.94. The van der Waals surface area contributed by atoms with Gasteiger partial charge in [-0.15, -0.1) is 0 Å². The maximum Gasteiger partial charge on any atom is 0.119 e. The Labute approximate surface area is 123 Å². The fraction of sp³-hybridized carbons (Fsp3) is 0.667. The van der Waals surface area contributed by atoms with Crippen LogP contribution in [0.5, 0.6) is 5.75 Å². The zero-order valence-electron chi connectivity index (χ0n) is 13.4. The highest BCUT2D eigenvalue weighted by Gasteiger charge is 2.22. The third-order valence-electron chi connectivity index (χ3n) is 4.14. The first-order valence-corrected chi connectivity index (χ1v) is 7.99. The van der Waals surface area contributed by atoms with Gasteiger partial charge in [-0.3, -0.25) is 0 Å². The molecule has 2 unspecified atom stereocenters. The van der Waals surface area contributed by atoms with E-state index in [0.29, 0.717) is 12.1 Å². The molecule has 0 aromatic heterocycles. The van der Waals surface area contributed by atoms with E-state index < -0.39 is 0 Å². The Morgan fingerprint density at radius 1 is 1.15 bits per heavy atom. The molecule has 0 spiro atoms. The van der Waals surface area contributed by atoms with Crippen LogP contribution in [0.25, 0.3) is 0 Å². The molecule has 0 amide bonds. The molecule has 0 saturated heterocycles. The number of benzene rings is 1. The Kier molecular flexibility index (Phi) is 5.09. The lowest BCUT2D eigenvalue weighted by Gasteiger charge is -2.30. The van der Waals surface area contributed by atoms with Gasteiger partial charge >= 0.3 is 0 Å². The summed E-state index contributed by atoms with van der Waals surface area (Å²) in [4.78, 5) is 0. The van der Waals surface area contributed by atoms with E-state index in [0.717, 1.165) is 18.7 Å². The van der Waals surface area contributed by atoms with Crippen LogP contribution >= 0.6 is 0 Å². The molecule has 0 heterocycles. The van der Waals surface area contributed by atoms with Crippen LogP contribution in [0.2, 0.25) is 0 Å². The minimum Gasteiger partial charge on any atom is -0.490 e. The van der Waals surface area contributed by atoms with Crippen LogP contribution in [-0.2, 0) is 5.41 Å². The average Bonchev–Trinajstić information content (AvgIpc) is 2.39. The summed E-state index contributed by atoms with van der Waals surface area (Å²) in [6.45, 7) is 9.95. The summed E-state index contributed by atoms with van der Waals surface area (Å²) >= 11 is 0. The van der Waals surface area contributed by atoms with Gasteiger partial charge in [-0.25, -0.2) is 0 Å². The number of nitrogens with one attached hydrogen (secondary N) is 1. The molecule has 2 nitrogen and oxygen atoms in total. The molecule has 1 aromatic carbocycles. The van der Waals surface area contributed by atoms with Gasteiger partial charge in [0.25, 0.3) is 0 Å². The summed E-state index contributed by atoms with van der Waals surface area (Å²) in [6.07, 6.45) is 5.24. The first-order chi connectivity index (χ1) is 9.49. The lowest BCUT2D eigenvalue weighted by molar-refractivity contribution is 0.135. The third-order valence-corrected chi connectivity index (χ3v) is 4.14. The van der Waals surface area contributed by atoms with Gasteiger partial charge in [0.2, 0.25) is 0 Å². The van der Waals surface area contributed by atoms with Crippen molar-refractivity contribution >= 4 is 0 Å². The molecular weight excluding hydrogens is 246 g/mol. The summed E-state index contributed by atoms with van der Waals surface area (Å²) in [7, 11) is 0. The van der Waals surface area contributed by atoms with Crippen LogP contribution in [0.15, 0.2) is 24.3 Å². The van der Waals surface area contributed by atoms with E-state index in [9.17, 15) is 0 Å². The Bertz CT molecular complexity index is 402. The maximum atomic E-state index is 6.16. The average molecular weight is 275 g/mol. The van der Waals surface area contributed by atoms with Crippen LogP contribution in [0.3, 0.4) is 0 Å². The molecule has 0 aliphatic heterocycles. The smallest absolute Gasteiger partial charge is 0.119 e. The van der Waals surface area contributed by atoms with Crippen molar-refractivity contribution in [2.24, 2.45) is 0 Å². The van der Waals surface area contributed by atoms with Crippen molar-refractivity contribution in [2.45, 2.75) is 70.9 Å². The molecule has 112 valence electrons. The molecule has 0 radical (unpaired) electrons. The molecule has 0 bridgehead atoms. The second kappa shape index (κ2) is 6.62. The van der Waals surface area contributed by atoms with Gasteiger partial charge in [0.1, 0.15) is 11.9 Å². The highest BCUT2D eigenvalue weighted by molar-refractivity contribution is 5.31. The van der Waals surface area contributed by atoms with Crippen LogP contribution in [-0.4, -0.2) is 18.7 Å². The molecule has 2 rings (SSSR count). The van der Waals surface area contributed by atoms with Gasteiger partial charge in [0.15, 0.2) is 0 Å². The molecule has 1 aliphatic rings. The third kappa shape index (κ3) is 4.24. The van der Waals surface area contributed by atoms with E-state index >= 15 is 0 Å². The quantitative estimate of drug-likeness (QED) is 0.885. The van der Waals surface area contributed by atoms with Crippen molar-refractivity contribution in [3.05, 3.63) is 29.8 Å². The predicted octanol–water partition coefficient (Wildman–Crippen LogP) is 4.28. The van der Waals surface area contributed by atoms with E-state index in [1.807, 2.05) is 0 Å². The SMILES string of the molecule is CCNC1CCCC(Oc2ccc(C(C)(C)C)cc2)C1. The molecule has 2 atom stereocenters. The number of hydrogen-bond donors (Lipinski definition) is 1. The van der Waals surface area contributed by atoms with E-state index in [2.05, 4.69) is 57.3 Å². The molecule has 1 fully saturated rings. The van der Waals surface area contributed by atoms with Crippen LogP contribution in [0.4, 0.5) is 0 Å². The highest BCUT2D eigenvalue weighted by Crippen LogP contribution is 2.27.